The van der Waals surface area contributed by atoms with Crippen molar-refractivity contribution in [3.63, 3.8) is 0 Å². The third kappa shape index (κ3) is 3.79. The molecule has 0 saturated heterocycles. The van der Waals surface area contributed by atoms with E-state index in [1.54, 1.807) is 0 Å². The molecule has 3 nitrogen and oxygen atoms in total. The van der Waals surface area contributed by atoms with Crippen LogP contribution >= 0.6 is 0 Å². The van der Waals surface area contributed by atoms with Crippen molar-refractivity contribution in [3.8, 4) is 0 Å². The lowest BCUT2D eigenvalue weighted by Crippen LogP contribution is -2.23. The van der Waals surface area contributed by atoms with Crippen LogP contribution in [-0.4, -0.2) is 25.9 Å². The van der Waals surface area contributed by atoms with E-state index >= 15 is 0 Å². The zero-order valence-corrected chi connectivity index (χ0v) is 12.2. The van der Waals surface area contributed by atoms with Crippen LogP contribution in [0.15, 0.2) is 42.5 Å². The van der Waals surface area contributed by atoms with Crippen LogP contribution in [0.5, 0.6) is 0 Å². The lowest BCUT2D eigenvalue weighted by atomic mass is 10.00. The molecule has 2 N–H and O–H groups in total. The van der Waals surface area contributed by atoms with Crippen molar-refractivity contribution in [2.24, 2.45) is 5.73 Å². The van der Waals surface area contributed by atoms with Crippen molar-refractivity contribution in [1.82, 2.24) is 0 Å². The average molecular weight is 273 g/mol. The molecule has 2 unspecified atom stereocenters. The van der Waals surface area contributed by atoms with E-state index in [4.69, 9.17) is 15.2 Å². The molecule has 0 aromatic heterocycles. The number of benzene rings is 2. The van der Waals surface area contributed by atoms with Gasteiger partial charge >= 0.3 is 0 Å². The van der Waals surface area contributed by atoms with E-state index in [1.165, 1.54) is 10.8 Å². The molecular weight excluding hydrogens is 250 g/mol. The van der Waals surface area contributed by atoms with Crippen LogP contribution in [0.2, 0.25) is 0 Å². The summed E-state index contributed by atoms with van der Waals surface area (Å²) in [7, 11) is 0. The Hall–Kier alpha value is -1.42. The molecule has 0 spiro atoms. The topological polar surface area (TPSA) is 44.5 Å². The molecule has 0 heterocycles. The van der Waals surface area contributed by atoms with Crippen molar-refractivity contribution in [2.45, 2.75) is 26.0 Å². The lowest BCUT2D eigenvalue weighted by Gasteiger charge is -2.18. The van der Waals surface area contributed by atoms with Crippen LogP contribution in [0.1, 0.15) is 25.5 Å². The molecule has 2 aromatic carbocycles. The van der Waals surface area contributed by atoms with E-state index in [2.05, 4.69) is 24.3 Å². The van der Waals surface area contributed by atoms with E-state index in [9.17, 15) is 0 Å². The molecule has 0 bridgehead atoms. The Morgan fingerprint density at radius 1 is 1.05 bits per heavy atom. The summed E-state index contributed by atoms with van der Waals surface area (Å²) in [4.78, 5) is 0. The second-order valence-electron chi connectivity index (χ2n) is 4.98. The fraction of sp³-hybridized carbons (Fsp3) is 0.412. The van der Waals surface area contributed by atoms with E-state index in [0.29, 0.717) is 19.8 Å². The van der Waals surface area contributed by atoms with Gasteiger partial charge in [-0.3, -0.25) is 0 Å². The third-order valence-corrected chi connectivity index (χ3v) is 3.34. The Labute approximate surface area is 120 Å². The minimum atomic E-state index is -0.120. The fourth-order valence-corrected chi connectivity index (χ4v) is 2.26. The summed E-state index contributed by atoms with van der Waals surface area (Å²) >= 11 is 0. The number of ether oxygens (including phenoxy) is 2. The highest BCUT2D eigenvalue weighted by molar-refractivity contribution is 5.86. The Morgan fingerprint density at radius 3 is 2.60 bits per heavy atom. The van der Waals surface area contributed by atoms with Crippen LogP contribution in [0.3, 0.4) is 0 Å². The van der Waals surface area contributed by atoms with Gasteiger partial charge in [-0.25, -0.2) is 0 Å². The first kappa shape index (κ1) is 15.0. The predicted molar refractivity (Wildman–Crippen MR) is 82.8 cm³/mol. The minimum Gasteiger partial charge on any atom is -0.379 e. The third-order valence-electron chi connectivity index (χ3n) is 3.34. The Bertz CT molecular complexity index is 536. The largest absolute Gasteiger partial charge is 0.379 e. The quantitative estimate of drug-likeness (QED) is 0.842. The zero-order chi connectivity index (χ0) is 14.4. The lowest BCUT2D eigenvalue weighted by molar-refractivity contribution is -0.00825. The van der Waals surface area contributed by atoms with Gasteiger partial charge in [-0.1, -0.05) is 42.5 Å². The van der Waals surface area contributed by atoms with Gasteiger partial charge in [0.1, 0.15) is 0 Å². The highest BCUT2D eigenvalue weighted by Crippen LogP contribution is 2.23. The Morgan fingerprint density at radius 2 is 1.80 bits per heavy atom. The van der Waals surface area contributed by atoms with Gasteiger partial charge in [-0.05, 0) is 30.2 Å². The number of rotatable bonds is 7. The molecule has 0 aliphatic heterocycles. The molecule has 2 rings (SSSR count). The van der Waals surface area contributed by atoms with Gasteiger partial charge in [0.2, 0.25) is 0 Å². The summed E-state index contributed by atoms with van der Waals surface area (Å²) in [5.41, 5.74) is 7.40. The molecule has 0 aliphatic rings. The maximum absolute atomic E-state index is 6.27. The standard InChI is InChI=1S/C17H23NO2/c1-3-19-11-13(2)20-12-17(18)16-10-6-8-14-7-4-5-9-15(14)16/h4-10,13,17H,3,11-12,18H2,1-2H3. The minimum absolute atomic E-state index is 0.0657. The number of nitrogens with two attached hydrogens (primary N) is 1. The van der Waals surface area contributed by atoms with Crippen molar-refractivity contribution >= 4 is 10.8 Å². The van der Waals surface area contributed by atoms with Gasteiger partial charge < -0.3 is 15.2 Å². The molecule has 108 valence electrons. The number of hydrogen-bond donors (Lipinski definition) is 1. The van der Waals surface area contributed by atoms with Crippen LogP contribution in [0.25, 0.3) is 10.8 Å². The molecule has 3 heteroatoms. The summed E-state index contributed by atoms with van der Waals surface area (Å²) in [6.45, 7) is 5.81. The van der Waals surface area contributed by atoms with Crippen LogP contribution in [0, 0.1) is 0 Å². The first-order valence-corrected chi connectivity index (χ1v) is 7.15. The monoisotopic (exact) mass is 273 g/mol. The van der Waals surface area contributed by atoms with E-state index in [0.717, 1.165) is 5.56 Å². The van der Waals surface area contributed by atoms with Crippen molar-refractivity contribution < 1.29 is 9.47 Å². The van der Waals surface area contributed by atoms with Gasteiger partial charge in [-0.15, -0.1) is 0 Å². The summed E-state index contributed by atoms with van der Waals surface area (Å²) in [6, 6.07) is 14.4. The summed E-state index contributed by atoms with van der Waals surface area (Å²) in [5, 5.41) is 2.41. The zero-order valence-electron chi connectivity index (χ0n) is 12.2. The maximum atomic E-state index is 6.27. The molecule has 20 heavy (non-hydrogen) atoms. The first-order chi connectivity index (χ1) is 9.72. The van der Waals surface area contributed by atoms with Crippen molar-refractivity contribution in [3.05, 3.63) is 48.0 Å². The van der Waals surface area contributed by atoms with E-state index < -0.39 is 0 Å². The molecule has 0 saturated carbocycles. The van der Waals surface area contributed by atoms with Gasteiger partial charge in [-0.2, -0.15) is 0 Å². The van der Waals surface area contributed by atoms with Crippen LogP contribution < -0.4 is 5.73 Å². The molecule has 0 amide bonds. The number of hydrogen-bond acceptors (Lipinski definition) is 3. The molecule has 2 atom stereocenters. The fourth-order valence-electron chi connectivity index (χ4n) is 2.26. The second kappa shape index (κ2) is 7.39. The van der Waals surface area contributed by atoms with Gasteiger partial charge in [0.05, 0.1) is 25.4 Å². The van der Waals surface area contributed by atoms with Crippen molar-refractivity contribution in [1.29, 1.82) is 0 Å². The number of fused-ring (bicyclic) bond motifs is 1. The SMILES string of the molecule is CCOCC(C)OCC(N)c1cccc2ccccc12. The van der Waals surface area contributed by atoms with E-state index in [-0.39, 0.29) is 12.1 Å². The molecule has 0 fully saturated rings. The van der Waals surface area contributed by atoms with Gasteiger partial charge in [0.25, 0.3) is 0 Å². The van der Waals surface area contributed by atoms with Crippen molar-refractivity contribution in [2.75, 3.05) is 19.8 Å². The molecule has 2 aromatic rings. The Balaban J connectivity index is 2.02. The smallest absolute Gasteiger partial charge is 0.0781 e. The van der Waals surface area contributed by atoms with Crippen LogP contribution in [0.4, 0.5) is 0 Å². The summed E-state index contributed by atoms with van der Waals surface area (Å²) in [6.07, 6.45) is 0.0657. The summed E-state index contributed by atoms with van der Waals surface area (Å²) < 4.78 is 11.1. The normalized spacial score (nSPS) is 14.3. The van der Waals surface area contributed by atoms with E-state index in [1.807, 2.05) is 32.0 Å². The predicted octanol–water partition coefficient (Wildman–Crippen LogP) is 3.28. The van der Waals surface area contributed by atoms with Gasteiger partial charge in [0.15, 0.2) is 0 Å². The van der Waals surface area contributed by atoms with Crippen LogP contribution in [-0.2, 0) is 9.47 Å². The second-order valence-corrected chi connectivity index (χ2v) is 4.98. The highest BCUT2D eigenvalue weighted by Gasteiger charge is 2.11. The van der Waals surface area contributed by atoms with Gasteiger partial charge in [0, 0.05) is 6.61 Å². The molecule has 0 radical (unpaired) electrons. The highest BCUT2D eigenvalue weighted by atomic mass is 16.5. The molecule has 0 aliphatic carbocycles. The maximum Gasteiger partial charge on any atom is 0.0781 e. The Kier molecular flexibility index (Phi) is 5.53. The summed E-state index contributed by atoms with van der Waals surface area (Å²) in [5.74, 6) is 0. The molecular formula is C17H23NO2. The first-order valence-electron chi connectivity index (χ1n) is 7.15. The average Bonchev–Trinajstić information content (AvgIpc) is 2.50.